The molecule has 0 spiro atoms. The molecule has 0 fully saturated rings. The maximum atomic E-state index is 10.2. The Bertz CT molecular complexity index is 582. The van der Waals surface area contributed by atoms with Gasteiger partial charge in [-0.25, -0.2) is 0 Å². The average molecular weight is 210 g/mol. The van der Waals surface area contributed by atoms with Crippen LogP contribution in [0.4, 0.5) is 0 Å². The Labute approximate surface area is 95.4 Å². The van der Waals surface area contributed by atoms with Crippen LogP contribution in [0.5, 0.6) is 5.75 Å². The van der Waals surface area contributed by atoms with Gasteiger partial charge in [-0.3, -0.25) is 0 Å². The lowest BCUT2D eigenvalue weighted by Gasteiger charge is -2.09. The molecule has 0 radical (unpaired) electrons. The Kier molecular flexibility index (Phi) is 1.84. The van der Waals surface area contributed by atoms with Crippen LogP contribution in [0.2, 0.25) is 0 Å². The first-order valence-electron chi connectivity index (χ1n) is 5.59. The standard InChI is InChI=1S/C15H14O/c1-9-4-3-5-11-8-12-7-6-10(2)15(16)14(12)13(9)11/h3-7,16H,8H2,1-2H3. The Morgan fingerprint density at radius 2 is 1.62 bits per heavy atom. The molecule has 1 nitrogen and oxygen atoms in total. The van der Waals surface area contributed by atoms with Gasteiger partial charge in [-0.1, -0.05) is 30.3 Å². The van der Waals surface area contributed by atoms with Gasteiger partial charge < -0.3 is 5.11 Å². The van der Waals surface area contributed by atoms with Crippen molar-refractivity contribution in [3.63, 3.8) is 0 Å². The number of aromatic hydroxyl groups is 1. The van der Waals surface area contributed by atoms with Crippen LogP contribution in [0.25, 0.3) is 11.1 Å². The summed E-state index contributed by atoms with van der Waals surface area (Å²) in [4.78, 5) is 0. The Morgan fingerprint density at radius 1 is 0.875 bits per heavy atom. The number of phenolic OH excluding ortho intramolecular Hbond substituents is 1. The van der Waals surface area contributed by atoms with Crippen LogP contribution in [-0.4, -0.2) is 5.11 Å². The van der Waals surface area contributed by atoms with Crippen LogP contribution in [0.3, 0.4) is 0 Å². The largest absolute Gasteiger partial charge is 0.507 e. The first-order chi connectivity index (χ1) is 7.68. The van der Waals surface area contributed by atoms with Crippen molar-refractivity contribution >= 4 is 0 Å². The van der Waals surface area contributed by atoms with Crippen LogP contribution in [0, 0.1) is 13.8 Å². The van der Waals surface area contributed by atoms with Crippen molar-refractivity contribution in [3.05, 3.63) is 52.6 Å². The fraction of sp³-hybridized carbons (Fsp3) is 0.200. The van der Waals surface area contributed by atoms with Crippen LogP contribution >= 0.6 is 0 Å². The molecule has 1 heteroatoms. The number of aryl methyl sites for hydroxylation is 2. The van der Waals surface area contributed by atoms with Crippen LogP contribution < -0.4 is 0 Å². The number of rotatable bonds is 0. The van der Waals surface area contributed by atoms with Crippen molar-refractivity contribution in [1.82, 2.24) is 0 Å². The van der Waals surface area contributed by atoms with E-state index < -0.39 is 0 Å². The maximum absolute atomic E-state index is 10.2. The lowest BCUT2D eigenvalue weighted by molar-refractivity contribution is 0.473. The smallest absolute Gasteiger partial charge is 0.126 e. The van der Waals surface area contributed by atoms with Gasteiger partial charge in [0.15, 0.2) is 0 Å². The number of phenols is 1. The minimum Gasteiger partial charge on any atom is -0.507 e. The minimum atomic E-state index is 0.450. The van der Waals surface area contributed by atoms with Gasteiger partial charge in [0.2, 0.25) is 0 Å². The molecule has 16 heavy (non-hydrogen) atoms. The molecular weight excluding hydrogens is 196 g/mol. The Hall–Kier alpha value is -1.76. The monoisotopic (exact) mass is 210 g/mol. The summed E-state index contributed by atoms with van der Waals surface area (Å²) in [6.45, 7) is 4.06. The van der Waals surface area contributed by atoms with Crippen molar-refractivity contribution in [1.29, 1.82) is 0 Å². The average Bonchev–Trinajstić information content (AvgIpc) is 2.64. The van der Waals surface area contributed by atoms with E-state index in [1.807, 2.05) is 13.0 Å². The van der Waals surface area contributed by atoms with Gasteiger partial charge in [0.25, 0.3) is 0 Å². The zero-order chi connectivity index (χ0) is 11.3. The fourth-order valence-electron chi connectivity index (χ4n) is 2.60. The minimum absolute atomic E-state index is 0.450. The van der Waals surface area contributed by atoms with Crippen molar-refractivity contribution in [2.75, 3.05) is 0 Å². The molecule has 2 aromatic carbocycles. The summed E-state index contributed by atoms with van der Waals surface area (Å²) in [6.07, 6.45) is 0.945. The van der Waals surface area contributed by atoms with E-state index >= 15 is 0 Å². The van der Waals surface area contributed by atoms with E-state index in [4.69, 9.17) is 0 Å². The predicted octanol–water partition coefficient (Wildman–Crippen LogP) is 3.58. The zero-order valence-corrected chi connectivity index (χ0v) is 9.54. The molecule has 0 aliphatic heterocycles. The van der Waals surface area contributed by atoms with Gasteiger partial charge in [-0.15, -0.1) is 0 Å². The first kappa shape index (κ1) is 9.46. The third kappa shape index (κ3) is 1.12. The second-order valence-electron chi connectivity index (χ2n) is 4.55. The summed E-state index contributed by atoms with van der Waals surface area (Å²) in [5.41, 5.74) is 7.06. The third-order valence-corrected chi connectivity index (χ3v) is 3.46. The van der Waals surface area contributed by atoms with Crippen molar-refractivity contribution in [3.8, 4) is 16.9 Å². The molecular formula is C15H14O. The third-order valence-electron chi connectivity index (χ3n) is 3.46. The van der Waals surface area contributed by atoms with Gasteiger partial charge in [0.1, 0.15) is 5.75 Å². The van der Waals surface area contributed by atoms with Crippen molar-refractivity contribution in [2.24, 2.45) is 0 Å². The number of hydrogen-bond donors (Lipinski definition) is 1. The number of fused-ring (bicyclic) bond motifs is 3. The van der Waals surface area contributed by atoms with Crippen LogP contribution in [0.1, 0.15) is 22.3 Å². The Balaban J connectivity index is 2.39. The highest BCUT2D eigenvalue weighted by Gasteiger charge is 2.23. The number of benzene rings is 2. The summed E-state index contributed by atoms with van der Waals surface area (Å²) in [5, 5.41) is 10.2. The summed E-state index contributed by atoms with van der Waals surface area (Å²) in [7, 11) is 0. The number of hydrogen-bond acceptors (Lipinski definition) is 1. The molecule has 0 atom stereocenters. The van der Waals surface area contributed by atoms with Gasteiger partial charge in [-0.05, 0) is 48.1 Å². The highest BCUT2D eigenvalue weighted by Crippen LogP contribution is 2.44. The SMILES string of the molecule is Cc1ccc2c(c1O)-c1c(C)cccc1C2. The molecule has 0 amide bonds. The van der Waals surface area contributed by atoms with Crippen molar-refractivity contribution in [2.45, 2.75) is 20.3 Å². The fourth-order valence-corrected chi connectivity index (χ4v) is 2.60. The maximum Gasteiger partial charge on any atom is 0.126 e. The lowest BCUT2D eigenvalue weighted by Crippen LogP contribution is -1.85. The normalized spacial score (nSPS) is 12.4. The van der Waals surface area contributed by atoms with E-state index in [9.17, 15) is 5.11 Å². The highest BCUT2D eigenvalue weighted by molar-refractivity contribution is 5.84. The van der Waals surface area contributed by atoms with Crippen LogP contribution in [0.15, 0.2) is 30.3 Å². The summed E-state index contributed by atoms with van der Waals surface area (Å²) < 4.78 is 0. The van der Waals surface area contributed by atoms with Crippen molar-refractivity contribution < 1.29 is 5.11 Å². The molecule has 1 N–H and O–H groups in total. The molecule has 0 bridgehead atoms. The first-order valence-corrected chi connectivity index (χ1v) is 5.59. The highest BCUT2D eigenvalue weighted by atomic mass is 16.3. The zero-order valence-electron chi connectivity index (χ0n) is 9.54. The second-order valence-corrected chi connectivity index (χ2v) is 4.55. The van der Waals surface area contributed by atoms with Gasteiger partial charge in [0.05, 0.1) is 0 Å². The van der Waals surface area contributed by atoms with E-state index in [2.05, 4.69) is 31.2 Å². The quantitative estimate of drug-likeness (QED) is 0.601. The second kappa shape index (κ2) is 3.11. The summed E-state index contributed by atoms with van der Waals surface area (Å²) in [6, 6.07) is 10.5. The topological polar surface area (TPSA) is 20.2 Å². The molecule has 3 rings (SSSR count). The van der Waals surface area contributed by atoms with Gasteiger partial charge in [-0.2, -0.15) is 0 Å². The predicted molar refractivity (Wildman–Crippen MR) is 65.8 cm³/mol. The van der Waals surface area contributed by atoms with Gasteiger partial charge in [0, 0.05) is 5.56 Å². The molecule has 1 aliphatic rings. The molecule has 1 aliphatic carbocycles. The molecule has 0 aromatic heterocycles. The van der Waals surface area contributed by atoms with E-state index in [-0.39, 0.29) is 0 Å². The molecule has 0 saturated heterocycles. The van der Waals surface area contributed by atoms with E-state index in [1.54, 1.807) is 0 Å². The Morgan fingerprint density at radius 3 is 2.44 bits per heavy atom. The van der Waals surface area contributed by atoms with E-state index in [0.29, 0.717) is 5.75 Å². The van der Waals surface area contributed by atoms with E-state index in [1.165, 1.54) is 22.3 Å². The van der Waals surface area contributed by atoms with Crippen LogP contribution in [-0.2, 0) is 6.42 Å². The molecule has 0 saturated carbocycles. The summed E-state index contributed by atoms with van der Waals surface area (Å²) in [5.74, 6) is 0.450. The molecule has 0 unspecified atom stereocenters. The van der Waals surface area contributed by atoms with Gasteiger partial charge >= 0.3 is 0 Å². The molecule has 0 heterocycles. The summed E-state index contributed by atoms with van der Waals surface area (Å²) >= 11 is 0. The molecule has 80 valence electrons. The van der Waals surface area contributed by atoms with E-state index in [0.717, 1.165) is 17.5 Å². The lowest BCUT2D eigenvalue weighted by atomic mass is 9.98. The molecule has 2 aromatic rings.